The number of aromatic nitrogens is 10. The van der Waals surface area contributed by atoms with Crippen molar-refractivity contribution in [2.45, 2.75) is 52.4 Å². The number of carboxylic acid groups (broad SMARTS) is 1. The number of benzene rings is 8. The summed E-state index contributed by atoms with van der Waals surface area (Å²) in [7, 11) is 0. The number of para-hydroxylation sites is 2. The lowest BCUT2D eigenvalue weighted by atomic mass is 10.0. The zero-order chi connectivity index (χ0) is 65.5. The molecule has 0 aliphatic rings. The van der Waals surface area contributed by atoms with Gasteiger partial charge in [0.2, 0.25) is 0 Å². The van der Waals surface area contributed by atoms with Gasteiger partial charge in [0.15, 0.2) is 23.3 Å². The summed E-state index contributed by atoms with van der Waals surface area (Å²) in [5, 5.41) is 41.1. The number of aromatic amines is 1. The van der Waals surface area contributed by atoms with Crippen LogP contribution in [0.15, 0.2) is 251 Å². The number of carbonyl (C=O) groups excluding carboxylic acids is 1. The van der Waals surface area contributed by atoms with Crippen molar-refractivity contribution in [1.82, 2.24) is 49.9 Å². The number of nitrogens with zero attached hydrogens (tertiary/aromatic N) is 9. The van der Waals surface area contributed by atoms with Gasteiger partial charge in [-0.1, -0.05) is 156 Å². The van der Waals surface area contributed by atoms with E-state index in [0.29, 0.717) is 39.0 Å². The Labute approximate surface area is 553 Å². The van der Waals surface area contributed by atoms with Crippen LogP contribution in [0.25, 0.3) is 88.9 Å². The maximum atomic E-state index is 13.3. The summed E-state index contributed by atoms with van der Waals surface area (Å²) in [6, 6.07) is 71.3. The van der Waals surface area contributed by atoms with Crippen LogP contribution in [0.3, 0.4) is 0 Å². The van der Waals surface area contributed by atoms with E-state index in [1.807, 2.05) is 197 Å². The van der Waals surface area contributed by atoms with E-state index >= 15 is 0 Å². The molecule has 0 radical (unpaired) electrons. The summed E-state index contributed by atoms with van der Waals surface area (Å²) in [6.07, 6.45) is -2.06. The van der Waals surface area contributed by atoms with Crippen molar-refractivity contribution in [2.75, 3.05) is 10.6 Å². The lowest BCUT2D eigenvalue weighted by Crippen LogP contribution is -2.27. The highest BCUT2D eigenvalue weighted by molar-refractivity contribution is 7.99. The Balaban J connectivity index is 0.000000165. The smallest absolute Gasteiger partial charge is 0.475 e. The van der Waals surface area contributed by atoms with Gasteiger partial charge in [0.25, 0.3) is 0 Å². The number of carboxylic acids is 1. The highest BCUT2D eigenvalue weighted by atomic mass is 35.5. The molecular formula is C71H51Cl2F3N12O4S2. The second kappa shape index (κ2) is 27.6. The zero-order valence-electron chi connectivity index (χ0n) is 49.8. The van der Waals surface area contributed by atoms with Gasteiger partial charge in [-0.15, -0.1) is 20.4 Å². The van der Waals surface area contributed by atoms with Crippen LogP contribution in [0.2, 0.25) is 10.0 Å². The molecule has 0 fully saturated rings. The van der Waals surface area contributed by atoms with E-state index in [1.165, 1.54) is 11.8 Å². The highest BCUT2D eigenvalue weighted by Gasteiger charge is 2.38. The first-order valence-corrected chi connectivity index (χ1v) is 31.3. The van der Waals surface area contributed by atoms with Gasteiger partial charge in [-0.25, -0.2) is 34.1 Å². The van der Waals surface area contributed by atoms with Crippen LogP contribution in [0.4, 0.5) is 41.0 Å². The predicted octanol–water partition coefficient (Wildman–Crippen LogP) is 19.5. The Bertz CT molecular complexity index is 5040. The molecule has 4 N–H and O–H groups in total. The summed E-state index contributed by atoms with van der Waals surface area (Å²) in [5.74, 6) is -0.283. The molecule has 0 saturated heterocycles. The van der Waals surface area contributed by atoms with E-state index in [4.69, 9.17) is 47.8 Å². The molecule has 16 nitrogen and oxygen atoms in total. The van der Waals surface area contributed by atoms with Crippen molar-refractivity contribution >= 4 is 125 Å². The third-order valence-corrected chi connectivity index (χ3v) is 16.5. The number of rotatable bonds is 12. The number of hydrogen-bond acceptors (Lipinski definition) is 15. The number of hydrogen-bond donors (Lipinski definition) is 4. The van der Waals surface area contributed by atoms with Gasteiger partial charge in [-0.2, -0.15) is 13.2 Å². The fourth-order valence-electron chi connectivity index (χ4n) is 9.83. The van der Waals surface area contributed by atoms with Crippen LogP contribution in [0.5, 0.6) is 0 Å². The van der Waals surface area contributed by atoms with Crippen LogP contribution in [-0.4, -0.2) is 78.8 Å². The molecule has 0 bridgehead atoms. The summed E-state index contributed by atoms with van der Waals surface area (Å²) in [6.45, 7) is 5.54. The predicted molar refractivity (Wildman–Crippen MR) is 365 cm³/mol. The maximum Gasteiger partial charge on any atom is 0.490 e. The maximum absolute atomic E-state index is 13.3. The molecule has 466 valence electrons. The van der Waals surface area contributed by atoms with Gasteiger partial charge >= 0.3 is 18.2 Å². The normalized spacial score (nSPS) is 11.4. The first-order chi connectivity index (χ1) is 45.3. The summed E-state index contributed by atoms with van der Waals surface area (Å²) >= 11 is 15.3. The molecule has 0 saturated carbocycles. The molecule has 14 aromatic rings. The van der Waals surface area contributed by atoms with E-state index < -0.39 is 23.8 Å². The largest absolute Gasteiger partial charge is 0.490 e. The first-order valence-electron chi connectivity index (χ1n) is 28.9. The van der Waals surface area contributed by atoms with Crippen molar-refractivity contribution in [3.63, 3.8) is 0 Å². The monoisotopic (exact) mass is 1330 g/mol. The van der Waals surface area contributed by atoms with E-state index in [0.717, 1.165) is 103 Å². The molecular weight excluding hydrogens is 1280 g/mol. The summed E-state index contributed by atoms with van der Waals surface area (Å²) in [5.41, 5.74) is 7.95. The fraction of sp³-hybridized carbons (Fsp3) is 0.0704. The third kappa shape index (κ3) is 15.1. The molecule has 0 amide bonds. The SMILES string of the molecule is CC(C)(C)OC(=O)n1c(-c2nccc(Sc3ccc(Nc4nnc(-c5ccc(Cl)cc5)c5ccccc45)cc3)n2)cc2ccccc21.Clc1ccc(-c2nnc(Nc3ccc(Sc4ccnc(-c5cc6ccccc6[nH]5)n4)cc3)c3ccccc23)cc1.O=C(O)C(F)(F)F. The molecule has 8 aromatic carbocycles. The molecule has 6 aromatic heterocycles. The molecule has 0 unspecified atom stereocenters. The van der Waals surface area contributed by atoms with Gasteiger partial charge in [-0.3, -0.25) is 0 Å². The van der Waals surface area contributed by atoms with Gasteiger partial charge in [-0.05, 0) is 130 Å². The van der Waals surface area contributed by atoms with E-state index in [1.54, 1.807) is 28.7 Å². The Morgan fingerprint density at radius 3 is 1.47 bits per heavy atom. The second-order valence-corrected chi connectivity index (χ2v) is 24.9. The molecule has 0 spiro atoms. The summed E-state index contributed by atoms with van der Waals surface area (Å²) in [4.78, 5) is 46.2. The molecule has 94 heavy (non-hydrogen) atoms. The minimum Gasteiger partial charge on any atom is -0.475 e. The quantitative estimate of drug-likeness (QED) is 0.0838. The molecule has 0 atom stereocenters. The van der Waals surface area contributed by atoms with Crippen LogP contribution in [0.1, 0.15) is 20.8 Å². The number of ether oxygens (including phenoxy) is 1. The number of nitrogens with one attached hydrogen (secondary N) is 3. The number of halogens is 5. The molecule has 0 aliphatic carbocycles. The molecule has 0 aliphatic heterocycles. The van der Waals surface area contributed by atoms with Crippen molar-refractivity contribution in [3.05, 3.63) is 241 Å². The van der Waals surface area contributed by atoms with Crippen molar-refractivity contribution in [2.24, 2.45) is 0 Å². The van der Waals surface area contributed by atoms with Gasteiger partial charge in [0.05, 0.1) is 16.9 Å². The Morgan fingerprint density at radius 1 is 0.532 bits per heavy atom. The van der Waals surface area contributed by atoms with Gasteiger partial charge in [0.1, 0.15) is 27.0 Å². The second-order valence-electron chi connectivity index (χ2n) is 21.8. The minimum atomic E-state index is -5.08. The van der Waals surface area contributed by atoms with Crippen LogP contribution in [0, 0.1) is 0 Å². The van der Waals surface area contributed by atoms with Crippen LogP contribution in [-0.2, 0) is 9.53 Å². The number of fused-ring (bicyclic) bond motifs is 4. The fourth-order valence-corrected chi connectivity index (χ4v) is 11.6. The Kier molecular flexibility index (Phi) is 18.6. The zero-order valence-corrected chi connectivity index (χ0v) is 53.0. The number of anilines is 4. The average Bonchev–Trinajstić information content (AvgIpc) is 1.42. The average molecular weight is 1330 g/mol. The lowest BCUT2D eigenvalue weighted by Gasteiger charge is -2.20. The number of alkyl halides is 3. The van der Waals surface area contributed by atoms with Crippen molar-refractivity contribution < 1.29 is 32.6 Å². The number of H-pyrrole nitrogens is 1. The van der Waals surface area contributed by atoms with E-state index in [2.05, 4.69) is 88.4 Å². The standard InChI is InChI=1S/C37H29ClN6O2S.C32H21ClN6S.C2HF3O2/c1-37(2,3)46-36(45)44-30-11-7-4-8-24(30)22-31(44)35-39-21-20-32(41-35)47-27-18-16-26(17-19-27)40-34-29-10-6-5-9-28(29)33(42-43-34)23-12-14-25(38)15-13-23;33-22-11-9-20(10-12-22)30-25-6-2-3-7-26(25)31(39-38-30)35-23-13-15-24(16-14-23)40-29-17-18-34-32(37-29)28-19-21-5-1-4-8-27(21)36-28;3-2(4,5)1(6)7/h4-22H,1-3H3,(H,40,43);1-19,36H,(H,35,39);(H,6,7). The topological polar surface area (TPSA) is 211 Å². The molecule has 14 rings (SSSR count). The van der Waals surface area contributed by atoms with Gasteiger partial charge < -0.3 is 25.5 Å². The first kappa shape index (κ1) is 63.4. The minimum absolute atomic E-state index is 0.433. The van der Waals surface area contributed by atoms with Gasteiger partial charge in [0, 0.05) is 92.6 Å². The highest BCUT2D eigenvalue weighted by Crippen LogP contribution is 2.37. The number of aliphatic carboxylic acids is 1. The van der Waals surface area contributed by atoms with Crippen molar-refractivity contribution in [1.29, 1.82) is 0 Å². The molecule has 6 heterocycles. The van der Waals surface area contributed by atoms with Crippen LogP contribution < -0.4 is 10.6 Å². The Morgan fingerprint density at radius 2 is 0.979 bits per heavy atom. The molecule has 23 heteroatoms. The summed E-state index contributed by atoms with van der Waals surface area (Å²) < 4.78 is 39.0. The van der Waals surface area contributed by atoms with Crippen molar-refractivity contribution in [3.8, 4) is 45.6 Å². The third-order valence-electron chi connectivity index (χ3n) is 14.1. The Hall–Kier alpha value is -10.7. The lowest BCUT2D eigenvalue weighted by molar-refractivity contribution is -0.192. The number of carbonyl (C=O) groups is 2. The van der Waals surface area contributed by atoms with Crippen LogP contribution >= 0.6 is 46.7 Å². The van der Waals surface area contributed by atoms with E-state index in [9.17, 15) is 18.0 Å². The van der Waals surface area contributed by atoms with E-state index in [-0.39, 0.29) is 0 Å².